The van der Waals surface area contributed by atoms with Crippen molar-refractivity contribution in [2.45, 2.75) is 30.2 Å². The van der Waals surface area contributed by atoms with Gasteiger partial charge in [-0.25, -0.2) is 9.37 Å². The molecule has 0 saturated carbocycles. The Bertz CT molecular complexity index is 1140. The number of benzene rings is 2. The van der Waals surface area contributed by atoms with Crippen molar-refractivity contribution >= 4 is 29.6 Å². The molecule has 1 amide bonds. The van der Waals surface area contributed by atoms with E-state index in [-0.39, 0.29) is 17.8 Å². The van der Waals surface area contributed by atoms with Crippen molar-refractivity contribution in [2.75, 3.05) is 37.3 Å². The van der Waals surface area contributed by atoms with Crippen molar-refractivity contribution in [1.82, 2.24) is 14.5 Å². The van der Waals surface area contributed by atoms with E-state index in [1.807, 2.05) is 46.2 Å². The van der Waals surface area contributed by atoms with E-state index in [4.69, 9.17) is 0 Å². The van der Waals surface area contributed by atoms with E-state index in [0.29, 0.717) is 32.4 Å². The summed E-state index contributed by atoms with van der Waals surface area (Å²) in [5.41, 5.74) is 2.77. The van der Waals surface area contributed by atoms with Crippen LogP contribution in [0.5, 0.6) is 0 Å². The number of halogens is 1. The number of carbonyl (C=O) groups is 2. The van der Waals surface area contributed by atoms with E-state index >= 15 is 0 Å². The maximum atomic E-state index is 13.9. The zero-order valence-corrected chi connectivity index (χ0v) is 20.1. The van der Waals surface area contributed by atoms with Crippen molar-refractivity contribution in [2.24, 2.45) is 0 Å². The van der Waals surface area contributed by atoms with Gasteiger partial charge in [-0.1, -0.05) is 18.2 Å². The van der Waals surface area contributed by atoms with Crippen LogP contribution in [0.4, 0.5) is 10.1 Å². The molecule has 1 aliphatic heterocycles. The highest BCUT2D eigenvalue weighted by molar-refractivity contribution is 7.98. The lowest BCUT2D eigenvalue weighted by molar-refractivity contribution is -0.121. The minimum Gasteiger partial charge on any atom is -0.327 e. The Hall–Kier alpha value is -2.97. The lowest BCUT2D eigenvalue weighted by Crippen LogP contribution is -2.51. The average Bonchev–Trinajstić information content (AvgIpc) is 3.31. The zero-order chi connectivity index (χ0) is 23.9. The highest BCUT2D eigenvalue weighted by Gasteiger charge is 2.25. The predicted molar refractivity (Wildman–Crippen MR) is 133 cm³/mol. The summed E-state index contributed by atoms with van der Waals surface area (Å²) in [6.45, 7) is 2.54. The molecule has 1 fully saturated rings. The summed E-state index contributed by atoms with van der Waals surface area (Å²) in [5.74, 6) is -0.198. The quantitative estimate of drug-likeness (QED) is 0.322. The summed E-state index contributed by atoms with van der Waals surface area (Å²) in [4.78, 5) is 33.4. The molecule has 34 heavy (non-hydrogen) atoms. The third-order valence-corrected chi connectivity index (χ3v) is 6.95. The van der Waals surface area contributed by atoms with Crippen molar-refractivity contribution in [1.29, 1.82) is 0 Å². The Morgan fingerprint density at radius 1 is 1.18 bits per heavy atom. The van der Waals surface area contributed by atoms with Crippen LogP contribution in [0.3, 0.4) is 0 Å². The largest absolute Gasteiger partial charge is 0.327 e. The first-order chi connectivity index (χ1) is 16.6. The number of imidazole rings is 1. The standard InChI is InChI=1S/C26H29FN4O2S/c1-34-24-8-3-7-22(16-24)30-13-12-29(18-26(30)33)11-10-23-17-28-19-31(23)25(9-4-14-32)20-5-2-6-21(27)15-20/h2-3,5-8,14-17,19,25H,4,9-13,18H2,1H3. The Balaban J connectivity index is 1.41. The molecule has 1 saturated heterocycles. The molecule has 1 atom stereocenters. The highest BCUT2D eigenvalue weighted by Crippen LogP contribution is 2.27. The van der Waals surface area contributed by atoms with Crippen LogP contribution in [-0.2, 0) is 16.0 Å². The molecular weight excluding hydrogens is 451 g/mol. The molecule has 2 heterocycles. The summed E-state index contributed by atoms with van der Waals surface area (Å²) in [5, 5.41) is 0. The fourth-order valence-corrected chi connectivity index (χ4v) is 4.90. The molecule has 8 heteroatoms. The smallest absolute Gasteiger partial charge is 0.241 e. The average molecular weight is 481 g/mol. The second-order valence-corrected chi connectivity index (χ2v) is 9.26. The minimum absolute atomic E-state index is 0.0987. The second-order valence-electron chi connectivity index (χ2n) is 8.38. The Labute approximate surface area is 203 Å². The highest BCUT2D eigenvalue weighted by atomic mass is 32.2. The lowest BCUT2D eigenvalue weighted by atomic mass is 10.0. The summed E-state index contributed by atoms with van der Waals surface area (Å²) in [6.07, 6.45) is 8.15. The van der Waals surface area contributed by atoms with Gasteiger partial charge < -0.3 is 14.3 Å². The van der Waals surface area contributed by atoms with Crippen molar-refractivity contribution in [3.8, 4) is 0 Å². The molecule has 4 rings (SSSR count). The van der Waals surface area contributed by atoms with Gasteiger partial charge in [0.1, 0.15) is 12.1 Å². The van der Waals surface area contributed by atoms with Crippen LogP contribution >= 0.6 is 11.8 Å². The van der Waals surface area contributed by atoms with E-state index in [9.17, 15) is 14.0 Å². The van der Waals surface area contributed by atoms with Crippen molar-refractivity contribution < 1.29 is 14.0 Å². The van der Waals surface area contributed by atoms with Crippen LogP contribution in [-0.4, -0.2) is 59.1 Å². The second kappa shape index (κ2) is 11.4. The lowest BCUT2D eigenvalue weighted by Gasteiger charge is -2.34. The molecule has 2 aromatic carbocycles. The summed E-state index contributed by atoms with van der Waals surface area (Å²) >= 11 is 1.67. The van der Waals surface area contributed by atoms with Gasteiger partial charge in [0.15, 0.2) is 0 Å². The monoisotopic (exact) mass is 480 g/mol. The van der Waals surface area contributed by atoms with Gasteiger partial charge in [0.25, 0.3) is 0 Å². The molecule has 0 N–H and O–H groups in total. The summed E-state index contributed by atoms with van der Waals surface area (Å²) in [7, 11) is 0. The topological polar surface area (TPSA) is 58.4 Å². The molecule has 0 spiro atoms. The van der Waals surface area contributed by atoms with Crippen LogP contribution in [0, 0.1) is 5.82 Å². The predicted octanol–water partition coefficient (Wildman–Crippen LogP) is 4.20. The number of hydrogen-bond acceptors (Lipinski definition) is 5. The molecule has 178 valence electrons. The molecular formula is C26H29FN4O2S. The number of carbonyl (C=O) groups excluding carboxylic acids is 2. The van der Waals surface area contributed by atoms with Gasteiger partial charge in [-0.2, -0.15) is 0 Å². The van der Waals surface area contributed by atoms with E-state index in [1.165, 1.54) is 12.1 Å². The number of piperazine rings is 1. The Kier molecular flexibility index (Phi) is 8.13. The Morgan fingerprint density at radius 3 is 2.79 bits per heavy atom. The summed E-state index contributed by atoms with van der Waals surface area (Å²) < 4.78 is 15.9. The molecule has 1 unspecified atom stereocenters. The maximum absolute atomic E-state index is 13.9. The normalized spacial score (nSPS) is 15.5. The van der Waals surface area contributed by atoms with Gasteiger partial charge in [0, 0.05) is 54.9 Å². The number of aromatic nitrogens is 2. The minimum atomic E-state index is -0.297. The van der Waals surface area contributed by atoms with Crippen LogP contribution < -0.4 is 4.90 Å². The molecule has 0 radical (unpaired) electrons. The third kappa shape index (κ3) is 5.74. The number of rotatable bonds is 10. The molecule has 3 aromatic rings. The number of nitrogens with zero attached hydrogens (tertiary/aromatic N) is 4. The third-order valence-electron chi connectivity index (χ3n) is 6.22. The van der Waals surface area contributed by atoms with Crippen molar-refractivity contribution in [3.05, 3.63) is 78.1 Å². The van der Waals surface area contributed by atoms with Gasteiger partial charge in [0.05, 0.1) is 18.9 Å². The number of aldehydes is 1. The van der Waals surface area contributed by atoms with Crippen LogP contribution in [0.15, 0.2) is 66.0 Å². The first kappa shape index (κ1) is 24.2. The van der Waals surface area contributed by atoms with Gasteiger partial charge in [-0.05, 0) is 48.6 Å². The number of hydrogen-bond donors (Lipinski definition) is 0. The van der Waals surface area contributed by atoms with Crippen LogP contribution in [0.2, 0.25) is 0 Å². The first-order valence-corrected chi connectivity index (χ1v) is 12.7. The van der Waals surface area contributed by atoms with Crippen LogP contribution in [0.1, 0.15) is 30.1 Å². The van der Waals surface area contributed by atoms with Crippen molar-refractivity contribution in [3.63, 3.8) is 0 Å². The fourth-order valence-electron chi connectivity index (χ4n) is 4.45. The number of amides is 1. The fraction of sp³-hybridized carbons (Fsp3) is 0.346. The molecule has 1 aliphatic rings. The van der Waals surface area contributed by atoms with Gasteiger partial charge in [-0.15, -0.1) is 11.8 Å². The zero-order valence-electron chi connectivity index (χ0n) is 19.3. The van der Waals surface area contributed by atoms with Gasteiger partial charge in [0.2, 0.25) is 5.91 Å². The number of anilines is 1. The molecule has 0 aliphatic carbocycles. The van der Waals surface area contributed by atoms with E-state index < -0.39 is 0 Å². The number of thioether (sulfide) groups is 1. The van der Waals surface area contributed by atoms with E-state index in [2.05, 4.69) is 16.0 Å². The SMILES string of the molecule is CSc1cccc(N2CCN(CCc3cncn3C(CCC=O)c3cccc(F)c3)CC2=O)c1. The molecule has 1 aromatic heterocycles. The van der Waals surface area contributed by atoms with Gasteiger partial charge in [-0.3, -0.25) is 9.69 Å². The molecule has 0 bridgehead atoms. The van der Waals surface area contributed by atoms with E-state index in [0.717, 1.165) is 41.2 Å². The maximum Gasteiger partial charge on any atom is 0.241 e. The Morgan fingerprint density at radius 2 is 2.03 bits per heavy atom. The molecule has 6 nitrogen and oxygen atoms in total. The first-order valence-electron chi connectivity index (χ1n) is 11.5. The summed E-state index contributed by atoms with van der Waals surface area (Å²) in [6, 6.07) is 14.4. The van der Waals surface area contributed by atoms with Crippen LogP contribution in [0.25, 0.3) is 0 Å². The van der Waals surface area contributed by atoms with E-state index in [1.54, 1.807) is 24.2 Å². The van der Waals surface area contributed by atoms with Gasteiger partial charge >= 0.3 is 0 Å².